The van der Waals surface area contributed by atoms with Gasteiger partial charge < -0.3 is 56.7 Å². The number of nitrogen functional groups attached to an aromatic ring is 3. The third-order valence-corrected chi connectivity index (χ3v) is 19.8. The summed E-state index contributed by atoms with van der Waals surface area (Å²) >= 11 is 1.33. The Kier molecular flexibility index (Phi) is 22.7. The van der Waals surface area contributed by atoms with Crippen molar-refractivity contribution in [1.82, 2.24) is 72.8 Å². The van der Waals surface area contributed by atoms with Gasteiger partial charge in [-0.3, -0.25) is 47.3 Å². The van der Waals surface area contributed by atoms with E-state index < -0.39 is 0 Å². The van der Waals surface area contributed by atoms with Gasteiger partial charge in [0.15, 0.2) is 5.13 Å². The third kappa shape index (κ3) is 15.6. The van der Waals surface area contributed by atoms with Crippen LogP contribution in [-0.4, -0.2) is 149 Å². The molecule has 3 saturated heterocycles. The number of hydrogen-bond donors (Lipinski definition) is 6. The average Bonchev–Trinajstić information content (AvgIpc) is 1.61. The van der Waals surface area contributed by atoms with Gasteiger partial charge in [-0.15, -0.1) is 11.3 Å². The molecule has 6 amide bonds. The van der Waals surface area contributed by atoms with Gasteiger partial charge in [-0.05, 0) is 151 Å². The Morgan fingerprint density at radius 2 is 0.786 bits per heavy atom. The summed E-state index contributed by atoms with van der Waals surface area (Å²) in [5.41, 5.74) is 27.7. The van der Waals surface area contributed by atoms with E-state index in [9.17, 15) is 28.8 Å². The van der Waals surface area contributed by atoms with Crippen molar-refractivity contribution >= 4 is 97.6 Å². The number of pyridine rings is 2. The predicted octanol–water partition coefficient (Wildman–Crippen LogP) is 10.6. The number of aromatic nitrogens is 12. The van der Waals surface area contributed by atoms with Crippen LogP contribution in [0, 0.1) is 49.4 Å². The zero-order chi connectivity index (χ0) is 78.9. The lowest BCUT2D eigenvalue weighted by Crippen LogP contribution is -2.30. The van der Waals surface area contributed by atoms with Crippen LogP contribution in [0.25, 0.3) is 50.3 Å². The molecule has 0 saturated carbocycles. The molecule has 12 aromatic rings. The highest BCUT2D eigenvalue weighted by molar-refractivity contribution is 7.13. The number of nitrogens with two attached hydrogens (primary N) is 3. The number of hydrogen-bond acceptors (Lipinski definition) is 22. The number of methoxy groups -OCH3 is 3. The quantitative estimate of drug-likeness (QED) is 0.0519. The van der Waals surface area contributed by atoms with Crippen molar-refractivity contribution in [3.63, 3.8) is 0 Å². The van der Waals surface area contributed by atoms with Crippen LogP contribution in [-0.2, 0) is 14.4 Å². The summed E-state index contributed by atoms with van der Waals surface area (Å²) in [6.07, 6.45) is 20.0. The predicted molar refractivity (Wildman–Crippen MR) is 423 cm³/mol. The number of nitrogens with one attached hydrogen (secondary N) is 3. The van der Waals surface area contributed by atoms with E-state index in [1.165, 1.54) is 32.7 Å². The van der Waals surface area contributed by atoms with Gasteiger partial charge in [0.25, 0.3) is 35.4 Å². The lowest BCUT2D eigenvalue weighted by molar-refractivity contribution is -0.126. The lowest BCUT2D eigenvalue weighted by Gasteiger charge is -2.21. The maximum absolute atomic E-state index is 13.0. The Bertz CT molecular complexity index is 5600. The van der Waals surface area contributed by atoms with Crippen LogP contribution in [0.2, 0.25) is 0 Å². The third-order valence-electron chi connectivity index (χ3n) is 19.1. The maximum Gasteiger partial charge on any atom is 0.299 e. The molecule has 0 spiro atoms. The Hall–Kier alpha value is -14.3. The second-order valence-corrected chi connectivity index (χ2v) is 26.9. The number of anilines is 6. The van der Waals surface area contributed by atoms with Gasteiger partial charge in [0, 0.05) is 97.5 Å². The first-order valence-corrected chi connectivity index (χ1v) is 36.5. The van der Waals surface area contributed by atoms with E-state index in [0.717, 1.165) is 49.7 Å². The van der Waals surface area contributed by atoms with Crippen molar-refractivity contribution in [3.05, 3.63) is 185 Å². The van der Waals surface area contributed by atoms with Gasteiger partial charge in [0.2, 0.25) is 0 Å². The number of benzene rings is 3. The van der Waals surface area contributed by atoms with E-state index in [2.05, 4.69) is 81.4 Å². The van der Waals surface area contributed by atoms with Crippen molar-refractivity contribution in [2.75, 3.05) is 74.1 Å². The van der Waals surface area contributed by atoms with Crippen LogP contribution in [0.5, 0.6) is 17.2 Å². The van der Waals surface area contributed by atoms with E-state index in [-0.39, 0.29) is 53.6 Å². The summed E-state index contributed by atoms with van der Waals surface area (Å²) in [5, 5.41) is 10.6. The summed E-state index contributed by atoms with van der Waals surface area (Å²) in [4.78, 5) is 122. The SMILES string of the molecule is CC#CC(=O)N1CCC[C@H]1c1nc(-c2ccc(C(=O)Nc3ccc(C)cn3)c(OC)c2)c2c(N)nccn12.CC#CC(=O)N1CCC[C@H]1c1nc(-c2ccc(C(=O)Nc3ccc(C)cn3)c(OC)c2)c2c(N)nccn12.CC#CC(=O)N1CCC[C@H]1c1nc(-c2ccc(C(=O)Nc3nccs3)c(OC)c2)c2c(N)nccn12. The largest absolute Gasteiger partial charge is 0.496 e. The van der Waals surface area contributed by atoms with Gasteiger partial charge in [-0.2, -0.15) is 0 Å². The second-order valence-electron chi connectivity index (χ2n) is 26.0. The highest BCUT2D eigenvalue weighted by atomic mass is 32.1. The molecule has 15 rings (SSSR count). The molecule has 112 heavy (non-hydrogen) atoms. The van der Waals surface area contributed by atoms with Crippen LogP contribution < -0.4 is 47.4 Å². The number of likely N-dealkylation sites (tertiary alicyclic amines) is 3. The summed E-state index contributed by atoms with van der Waals surface area (Å²) < 4.78 is 22.3. The molecule has 9 aromatic heterocycles. The molecule has 3 aliphatic heterocycles. The number of carbonyl (C=O) groups is 6. The molecule has 0 bridgehead atoms. The molecule has 0 radical (unpaired) electrons. The van der Waals surface area contributed by atoms with Crippen LogP contribution >= 0.6 is 11.3 Å². The van der Waals surface area contributed by atoms with Gasteiger partial charge in [0.1, 0.15) is 97.4 Å². The number of fused-ring (bicyclic) bond motifs is 3. The molecule has 3 aliphatic rings. The number of amides is 6. The fourth-order valence-electron chi connectivity index (χ4n) is 13.9. The molecule has 9 N–H and O–H groups in total. The fourth-order valence-corrected chi connectivity index (χ4v) is 14.4. The zero-order valence-electron chi connectivity index (χ0n) is 62.4. The maximum atomic E-state index is 13.0. The first-order valence-electron chi connectivity index (χ1n) is 35.6. The second kappa shape index (κ2) is 33.5. The van der Waals surface area contributed by atoms with Crippen LogP contribution in [0.4, 0.5) is 34.2 Å². The molecular formula is C81H77N21O9S. The monoisotopic (exact) mass is 1520 g/mol. The Balaban J connectivity index is 0.000000147. The number of ether oxygens (including phenoxy) is 3. The summed E-state index contributed by atoms with van der Waals surface area (Å²) in [6, 6.07) is 22.1. The van der Waals surface area contributed by atoms with Crippen molar-refractivity contribution in [3.8, 4) is 86.5 Å². The first kappa shape index (κ1) is 76.0. The number of nitrogens with zero attached hydrogens (tertiary/aromatic N) is 15. The molecule has 566 valence electrons. The molecular weight excluding hydrogens is 1440 g/mol. The van der Waals surface area contributed by atoms with E-state index >= 15 is 0 Å². The summed E-state index contributed by atoms with van der Waals surface area (Å²) in [7, 11) is 4.51. The van der Waals surface area contributed by atoms with Crippen LogP contribution in [0.1, 0.15) is 137 Å². The number of imidazole rings is 3. The smallest absolute Gasteiger partial charge is 0.299 e. The van der Waals surface area contributed by atoms with Gasteiger partial charge in [0.05, 0.1) is 56.1 Å². The van der Waals surface area contributed by atoms with E-state index in [0.29, 0.717) is 156 Å². The van der Waals surface area contributed by atoms with E-state index in [4.69, 9.17) is 46.4 Å². The number of carbonyl (C=O) groups excluding carboxylic acids is 6. The molecule has 12 heterocycles. The molecule has 0 aliphatic carbocycles. The molecule has 3 fully saturated rings. The Morgan fingerprint density at radius 1 is 0.446 bits per heavy atom. The molecule has 3 atom stereocenters. The number of rotatable bonds is 15. The normalized spacial score (nSPS) is 14.8. The zero-order valence-corrected chi connectivity index (χ0v) is 63.2. The van der Waals surface area contributed by atoms with Crippen molar-refractivity contribution in [1.29, 1.82) is 0 Å². The highest BCUT2D eigenvalue weighted by Gasteiger charge is 2.38. The Morgan fingerprint density at radius 3 is 1.08 bits per heavy atom. The molecule has 31 heteroatoms. The topological polar surface area (TPSA) is 383 Å². The summed E-state index contributed by atoms with van der Waals surface area (Å²) in [5.74, 6) is 19.2. The first-order chi connectivity index (χ1) is 54.3. The van der Waals surface area contributed by atoms with E-state index in [1.54, 1.807) is 163 Å². The molecule has 30 nitrogen and oxygen atoms in total. The van der Waals surface area contributed by atoms with Crippen LogP contribution in [0.15, 0.2) is 140 Å². The minimum atomic E-state index is -0.349. The minimum absolute atomic E-state index is 0.224. The van der Waals surface area contributed by atoms with Crippen LogP contribution in [0.3, 0.4) is 0 Å². The summed E-state index contributed by atoms with van der Waals surface area (Å²) in [6.45, 7) is 10.6. The van der Waals surface area contributed by atoms with Gasteiger partial charge in [-0.25, -0.2) is 44.9 Å². The molecule has 0 unspecified atom stereocenters. The fraction of sp³-hybridized carbons (Fsp3) is 0.247. The van der Waals surface area contributed by atoms with Crippen molar-refractivity contribution in [2.24, 2.45) is 0 Å². The van der Waals surface area contributed by atoms with Crippen molar-refractivity contribution in [2.45, 2.75) is 91.3 Å². The lowest BCUT2D eigenvalue weighted by atomic mass is 10.1. The van der Waals surface area contributed by atoms with Crippen molar-refractivity contribution < 1.29 is 43.0 Å². The minimum Gasteiger partial charge on any atom is -0.496 e. The average molecular weight is 1520 g/mol. The Labute approximate surface area is 647 Å². The number of thiazole rings is 1. The van der Waals surface area contributed by atoms with Gasteiger partial charge >= 0.3 is 0 Å². The van der Waals surface area contributed by atoms with E-state index in [1.807, 2.05) is 39.2 Å². The highest BCUT2D eigenvalue weighted by Crippen LogP contribution is 2.42. The number of aryl methyl sites for hydroxylation is 2. The van der Waals surface area contributed by atoms with Gasteiger partial charge in [-0.1, -0.05) is 48.1 Å². The molecule has 3 aromatic carbocycles. The standard InChI is InChI=1S/2C28H27N7O3.C25H23N7O3S/c2*1-4-6-23(36)34-13-5-7-20(34)27-33-24(25-26(29)30-12-14-35(25)27)18-9-10-19(21(15-18)38-3)28(37)32-22-11-8-17(2)16-31-22;1-3-5-19(33)31-11-4-6-17(31)23-29-20(21-22(26)27-9-12-32(21)23)15-7-8-16(18(14-15)35-2)24(34)30-25-28-10-13-36-25/h2*8-12,14-16,20H,5,7,13H2,1-3H3,(H2,29,30)(H,31,32,37);7-10,12-14,17H,4,6,11H2,1-2H3,(H2,26,27)(H,28,30,34)/t2*20-;17-/m000/s1.